The van der Waals surface area contributed by atoms with Gasteiger partial charge in [0.1, 0.15) is 6.10 Å². The number of rotatable bonds is 3. The van der Waals surface area contributed by atoms with Gasteiger partial charge in [0.15, 0.2) is 0 Å². The number of carbonyl (C=O) groups excluding carboxylic acids is 1. The number of fused-ring (bicyclic) bond motifs is 5. The van der Waals surface area contributed by atoms with Crippen molar-refractivity contribution in [3.8, 4) is 0 Å². The second-order valence-corrected chi connectivity index (χ2v) is 5.92. The first-order valence-electron chi connectivity index (χ1n) is 7.06. The van der Waals surface area contributed by atoms with Crippen LogP contribution in [0.4, 0.5) is 0 Å². The minimum Gasteiger partial charge on any atom is -0.459 e. The van der Waals surface area contributed by atoms with Gasteiger partial charge in [0.2, 0.25) is 0 Å². The van der Waals surface area contributed by atoms with Crippen LogP contribution in [0.2, 0.25) is 0 Å². The second kappa shape index (κ2) is 4.27. The molecule has 3 rings (SSSR count). The van der Waals surface area contributed by atoms with Gasteiger partial charge < -0.3 is 9.47 Å². The Labute approximate surface area is 103 Å². The molecule has 6 atom stereocenters. The lowest BCUT2D eigenvalue weighted by Gasteiger charge is -2.28. The van der Waals surface area contributed by atoms with E-state index in [4.69, 9.17) is 9.47 Å². The Balaban J connectivity index is 1.62. The Kier molecular flexibility index (Phi) is 2.89. The van der Waals surface area contributed by atoms with Crippen LogP contribution in [0.3, 0.4) is 0 Å². The van der Waals surface area contributed by atoms with Crippen LogP contribution in [-0.4, -0.2) is 24.3 Å². The van der Waals surface area contributed by atoms with Gasteiger partial charge in [-0.3, -0.25) is 4.79 Å². The first-order chi connectivity index (χ1) is 8.20. The van der Waals surface area contributed by atoms with Crippen molar-refractivity contribution in [2.45, 2.75) is 64.3 Å². The number of ether oxygens (including phenoxy) is 2. The fourth-order valence-electron chi connectivity index (χ4n) is 3.79. The zero-order valence-corrected chi connectivity index (χ0v) is 10.7. The summed E-state index contributed by atoms with van der Waals surface area (Å²) in [4.78, 5) is 11.8. The minimum absolute atomic E-state index is 0.0218. The molecule has 3 fully saturated rings. The van der Waals surface area contributed by atoms with Gasteiger partial charge in [-0.2, -0.15) is 0 Å². The van der Waals surface area contributed by atoms with Crippen LogP contribution in [0, 0.1) is 17.8 Å². The number of carbonyl (C=O) groups is 1. The van der Waals surface area contributed by atoms with E-state index in [0.717, 1.165) is 18.8 Å². The summed E-state index contributed by atoms with van der Waals surface area (Å²) in [6.45, 7) is 3.96. The Morgan fingerprint density at radius 1 is 1.41 bits per heavy atom. The van der Waals surface area contributed by atoms with Crippen LogP contribution < -0.4 is 0 Å². The van der Waals surface area contributed by atoms with Crippen LogP contribution in [0.15, 0.2) is 0 Å². The molecule has 0 spiro atoms. The predicted octanol–water partition coefficient (Wildman–Crippen LogP) is 2.53. The Hall–Kier alpha value is -0.570. The van der Waals surface area contributed by atoms with Crippen LogP contribution in [0.5, 0.6) is 0 Å². The average Bonchev–Trinajstić information content (AvgIpc) is 2.98. The summed E-state index contributed by atoms with van der Waals surface area (Å²) in [5, 5.41) is 0. The molecule has 3 nitrogen and oxygen atoms in total. The van der Waals surface area contributed by atoms with Crippen LogP contribution >= 0.6 is 0 Å². The first-order valence-corrected chi connectivity index (χ1v) is 7.06. The highest BCUT2D eigenvalue weighted by atomic mass is 16.6. The molecule has 0 radical (unpaired) electrons. The van der Waals surface area contributed by atoms with E-state index in [9.17, 15) is 4.79 Å². The van der Waals surface area contributed by atoms with Crippen LogP contribution in [-0.2, 0) is 14.3 Å². The van der Waals surface area contributed by atoms with E-state index in [1.54, 1.807) is 0 Å². The maximum Gasteiger partial charge on any atom is 0.309 e. The molecule has 0 N–H and O–H groups in total. The molecule has 1 aliphatic carbocycles. The molecule has 3 aliphatic rings. The lowest BCUT2D eigenvalue weighted by Crippen LogP contribution is -2.37. The molecule has 17 heavy (non-hydrogen) atoms. The molecule has 2 heterocycles. The molecule has 2 aliphatic heterocycles. The summed E-state index contributed by atoms with van der Waals surface area (Å²) in [5.74, 6) is 1.42. The molecule has 0 aromatic rings. The van der Waals surface area contributed by atoms with E-state index in [0.29, 0.717) is 12.0 Å². The second-order valence-electron chi connectivity index (χ2n) is 5.92. The molecular weight excluding hydrogens is 216 g/mol. The third-order valence-corrected chi connectivity index (χ3v) is 4.97. The summed E-state index contributed by atoms with van der Waals surface area (Å²) in [5.41, 5.74) is 0. The number of esters is 1. The van der Waals surface area contributed by atoms with E-state index in [1.165, 1.54) is 19.3 Å². The van der Waals surface area contributed by atoms with Gasteiger partial charge in [-0.05, 0) is 31.1 Å². The smallest absolute Gasteiger partial charge is 0.309 e. The molecule has 0 amide bonds. The lowest BCUT2D eigenvalue weighted by molar-refractivity contribution is -0.157. The van der Waals surface area contributed by atoms with E-state index in [2.05, 4.69) is 0 Å². The molecule has 2 bridgehead atoms. The molecule has 1 saturated carbocycles. The molecule has 0 aromatic carbocycles. The summed E-state index contributed by atoms with van der Waals surface area (Å²) in [6.07, 6.45) is 6.34. The van der Waals surface area contributed by atoms with Crippen molar-refractivity contribution in [2.24, 2.45) is 17.8 Å². The van der Waals surface area contributed by atoms with Crippen molar-refractivity contribution in [3.05, 3.63) is 0 Å². The van der Waals surface area contributed by atoms with Crippen molar-refractivity contribution in [2.75, 3.05) is 0 Å². The molecule has 0 aromatic heterocycles. The van der Waals surface area contributed by atoms with Crippen molar-refractivity contribution in [3.63, 3.8) is 0 Å². The predicted molar refractivity (Wildman–Crippen MR) is 63.4 cm³/mol. The van der Waals surface area contributed by atoms with Gasteiger partial charge >= 0.3 is 5.97 Å². The maximum absolute atomic E-state index is 11.8. The maximum atomic E-state index is 11.8. The van der Waals surface area contributed by atoms with E-state index >= 15 is 0 Å². The van der Waals surface area contributed by atoms with E-state index in [-0.39, 0.29) is 24.1 Å². The molecule has 96 valence electrons. The molecule has 6 unspecified atom stereocenters. The SMILES string of the molecule is CCC(C)C(=O)OC1CC2OC1C1CCCC21. The van der Waals surface area contributed by atoms with E-state index in [1.807, 2.05) is 13.8 Å². The molecule has 3 heteroatoms. The Morgan fingerprint density at radius 2 is 2.18 bits per heavy atom. The van der Waals surface area contributed by atoms with Gasteiger partial charge in [-0.15, -0.1) is 0 Å². The standard InChI is InChI=1S/C14H22O3/c1-3-8(2)14(15)17-12-7-11-9-5-4-6-10(9)13(12)16-11/h8-13H,3-7H2,1-2H3. The van der Waals surface area contributed by atoms with Gasteiger partial charge in [-0.25, -0.2) is 0 Å². The quantitative estimate of drug-likeness (QED) is 0.709. The first kappa shape index (κ1) is 11.5. The Bertz CT molecular complexity index is 315. The van der Waals surface area contributed by atoms with Crippen molar-refractivity contribution in [1.82, 2.24) is 0 Å². The third-order valence-electron chi connectivity index (χ3n) is 4.97. The number of hydrogen-bond acceptors (Lipinski definition) is 3. The summed E-state index contributed by atoms with van der Waals surface area (Å²) < 4.78 is 11.6. The van der Waals surface area contributed by atoms with E-state index < -0.39 is 0 Å². The van der Waals surface area contributed by atoms with Crippen molar-refractivity contribution < 1.29 is 14.3 Å². The van der Waals surface area contributed by atoms with Crippen LogP contribution in [0.25, 0.3) is 0 Å². The van der Waals surface area contributed by atoms with Crippen molar-refractivity contribution >= 4 is 5.97 Å². The van der Waals surface area contributed by atoms with Gasteiger partial charge in [-0.1, -0.05) is 20.3 Å². The highest BCUT2D eigenvalue weighted by molar-refractivity contribution is 5.72. The molecule has 2 saturated heterocycles. The average molecular weight is 238 g/mol. The lowest BCUT2D eigenvalue weighted by atomic mass is 9.80. The fourth-order valence-corrected chi connectivity index (χ4v) is 3.79. The largest absolute Gasteiger partial charge is 0.459 e. The minimum atomic E-state index is -0.0387. The zero-order chi connectivity index (χ0) is 12.0. The summed E-state index contributed by atoms with van der Waals surface area (Å²) in [7, 11) is 0. The third kappa shape index (κ3) is 1.79. The summed E-state index contributed by atoms with van der Waals surface area (Å²) >= 11 is 0. The topological polar surface area (TPSA) is 35.5 Å². The van der Waals surface area contributed by atoms with Crippen LogP contribution in [0.1, 0.15) is 46.0 Å². The van der Waals surface area contributed by atoms with Gasteiger partial charge in [0, 0.05) is 6.42 Å². The highest BCUT2D eigenvalue weighted by Crippen LogP contribution is 2.52. The number of hydrogen-bond donors (Lipinski definition) is 0. The highest BCUT2D eigenvalue weighted by Gasteiger charge is 2.56. The van der Waals surface area contributed by atoms with Crippen molar-refractivity contribution in [1.29, 1.82) is 0 Å². The monoisotopic (exact) mass is 238 g/mol. The normalized spacial score (nSPS) is 44.7. The molecular formula is C14H22O3. The Morgan fingerprint density at radius 3 is 2.94 bits per heavy atom. The van der Waals surface area contributed by atoms with Gasteiger partial charge in [0.05, 0.1) is 18.1 Å². The van der Waals surface area contributed by atoms with Gasteiger partial charge in [0.25, 0.3) is 0 Å². The fraction of sp³-hybridized carbons (Fsp3) is 0.929. The summed E-state index contributed by atoms with van der Waals surface area (Å²) in [6, 6.07) is 0. The zero-order valence-electron chi connectivity index (χ0n) is 10.7.